The van der Waals surface area contributed by atoms with Gasteiger partial charge < -0.3 is 10.6 Å². The Morgan fingerprint density at radius 3 is 2.39 bits per heavy atom. The highest BCUT2D eigenvalue weighted by Gasteiger charge is 2.12. The topological polar surface area (TPSA) is 29.3 Å². The van der Waals surface area contributed by atoms with Crippen LogP contribution in [-0.4, -0.2) is 7.05 Å². The van der Waals surface area contributed by atoms with Gasteiger partial charge in [0.1, 0.15) is 0 Å². The lowest BCUT2D eigenvalue weighted by atomic mass is 10.1. The van der Waals surface area contributed by atoms with Crippen molar-refractivity contribution >= 4 is 23.0 Å². The molecule has 0 amide bonds. The lowest BCUT2D eigenvalue weighted by Gasteiger charge is -2.27. The Morgan fingerprint density at radius 2 is 1.78 bits per heavy atom. The molecule has 18 heavy (non-hydrogen) atoms. The molecular weight excluding hydrogens is 244 g/mol. The number of hydrogen-bond donors (Lipinski definition) is 1. The van der Waals surface area contributed by atoms with Crippen LogP contribution in [-0.2, 0) is 0 Å². The van der Waals surface area contributed by atoms with Crippen molar-refractivity contribution in [3.05, 3.63) is 59.1 Å². The lowest BCUT2D eigenvalue weighted by molar-refractivity contribution is 0.740. The summed E-state index contributed by atoms with van der Waals surface area (Å²) in [7, 11) is 2.06. The van der Waals surface area contributed by atoms with E-state index in [0.717, 1.165) is 16.4 Å². The summed E-state index contributed by atoms with van der Waals surface area (Å²) in [6.45, 7) is 2.16. The molecule has 2 aromatic carbocycles. The molecule has 0 aliphatic rings. The van der Waals surface area contributed by atoms with Crippen molar-refractivity contribution in [1.29, 1.82) is 0 Å². The number of hydrogen-bond acceptors (Lipinski definition) is 2. The molecule has 2 nitrogen and oxygen atoms in total. The minimum absolute atomic E-state index is 0.268. The molecule has 0 fully saturated rings. The molecule has 0 saturated carbocycles. The molecule has 1 unspecified atom stereocenters. The summed E-state index contributed by atoms with van der Waals surface area (Å²) in [5.74, 6) is 0. The summed E-state index contributed by atoms with van der Waals surface area (Å²) in [6, 6.07) is 16.1. The molecule has 2 N–H and O–H groups in total. The first-order valence-electron chi connectivity index (χ1n) is 5.92. The van der Waals surface area contributed by atoms with Crippen molar-refractivity contribution in [2.24, 2.45) is 0 Å². The zero-order chi connectivity index (χ0) is 13.1. The van der Waals surface area contributed by atoms with Crippen LogP contribution in [0.25, 0.3) is 0 Å². The van der Waals surface area contributed by atoms with E-state index in [-0.39, 0.29) is 6.04 Å². The van der Waals surface area contributed by atoms with Gasteiger partial charge in [0.2, 0.25) is 0 Å². The number of benzene rings is 2. The van der Waals surface area contributed by atoms with Gasteiger partial charge in [-0.3, -0.25) is 0 Å². The van der Waals surface area contributed by atoms with E-state index in [0.29, 0.717) is 0 Å². The Balaban J connectivity index is 2.23. The number of rotatable bonds is 3. The van der Waals surface area contributed by atoms with Gasteiger partial charge in [-0.2, -0.15) is 0 Å². The molecule has 2 rings (SSSR count). The van der Waals surface area contributed by atoms with Crippen LogP contribution in [0.1, 0.15) is 18.5 Å². The average Bonchev–Trinajstić information content (AvgIpc) is 2.38. The Hall–Kier alpha value is -1.67. The number of nitrogens with two attached hydrogens (primary N) is 1. The van der Waals surface area contributed by atoms with E-state index < -0.39 is 0 Å². The summed E-state index contributed by atoms with van der Waals surface area (Å²) in [6.07, 6.45) is 0. The highest BCUT2D eigenvalue weighted by atomic mass is 35.5. The Labute approximate surface area is 113 Å². The molecule has 2 aromatic rings. The fraction of sp³-hybridized carbons (Fsp3) is 0.200. The average molecular weight is 261 g/mol. The van der Waals surface area contributed by atoms with Crippen LogP contribution in [0.2, 0.25) is 5.02 Å². The Kier molecular flexibility index (Phi) is 3.78. The zero-order valence-corrected chi connectivity index (χ0v) is 11.4. The second kappa shape index (κ2) is 5.32. The van der Waals surface area contributed by atoms with Gasteiger partial charge in [-0.25, -0.2) is 0 Å². The maximum absolute atomic E-state index is 5.90. The van der Waals surface area contributed by atoms with Gasteiger partial charge >= 0.3 is 0 Å². The van der Waals surface area contributed by atoms with E-state index in [1.54, 1.807) is 0 Å². The molecule has 0 spiro atoms. The molecule has 0 heterocycles. The number of nitrogens with zero attached hydrogens (tertiary/aromatic N) is 1. The molecular formula is C15H17ClN2. The first-order chi connectivity index (χ1) is 8.58. The third-order valence-corrected chi connectivity index (χ3v) is 3.46. The van der Waals surface area contributed by atoms with Crippen molar-refractivity contribution in [2.75, 3.05) is 17.7 Å². The first kappa shape index (κ1) is 12.8. The largest absolute Gasteiger partial charge is 0.399 e. The van der Waals surface area contributed by atoms with Gasteiger partial charge in [0, 0.05) is 23.4 Å². The van der Waals surface area contributed by atoms with Crippen LogP contribution in [0.3, 0.4) is 0 Å². The van der Waals surface area contributed by atoms with Gasteiger partial charge in [0.05, 0.1) is 6.04 Å². The minimum atomic E-state index is 0.268. The molecule has 3 heteroatoms. The van der Waals surface area contributed by atoms with E-state index in [2.05, 4.69) is 37.1 Å². The third-order valence-electron chi connectivity index (χ3n) is 3.21. The van der Waals surface area contributed by atoms with Crippen molar-refractivity contribution in [1.82, 2.24) is 0 Å². The Bertz CT molecular complexity index is 522. The number of nitrogen functional groups attached to an aromatic ring is 1. The van der Waals surface area contributed by atoms with Crippen molar-refractivity contribution < 1.29 is 0 Å². The monoisotopic (exact) mass is 260 g/mol. The van der Waals surface area contributed by atoms with E-state index in [9.17, 15) is 0 Å². The van der Waals surface area contributed by atoms with Crippen LogP contribution in [0, 0.1) is 0 Å². The molecule has 0 aliphatic carbocycles. The molecule has 0 radical (unpaired) electrons. The van der Waals surface area contributed by atoms with Gasteiger partial charge in [-0.15, -0.1) is 0 Å². The predicted molar refractivity (Wildman–Crippen MR) is 79.1 cm³/mol. The first-order valence-corrected chi connectivity index (χ1v) is 6.29. The highest BCUT2D eigenvalue weighted by molar-refractivity contribution is 6.30. The summed E-state index contributed by atoms with van der Waals surface area (Å²) in [5, 5.41) is 0.762. The maximum Gasteiger partial charge on any atom is 0.0511 e. The minimum Gasteiger partial charge on any atom is -0.399 e. The molecule has 0 bridgehead atoms. The SMILES string of the molecule is CC(c1ccc(Cl)cc1)N(C)c1cccc(N)c1. The van der Waals surface area contributed by atoms with Crippen LogP contribution < -0.4 is 10.6 Å². The normalized spacial score (nSPS) is 12.2. The lowest BCUT2D eigenvalue weighted by Crippen LogP contribution is -2.21. The number of anilines is 2. The second-order valence-corrected chi connectivity index (χ2v) is 4.87. The van der Waals surface area contributed by atoms with E-state index >= 15 is 0 Å². The molecule has 1 atom stereocenters. The fourth-order valence-electron chi connectivity index (χ4n) is 1.93. The molecule has 0 aliphatic heterocycles. The molecule has 94 valence electrons. The summed E-state index contributed by atoms with van der Waals surface area (Å²) in [5.41, 5.74) is 8.93. The van der Waals surface area contributed by atoms with Crippen LogP contribution >= 0.6 is 11.6 Å². The van der Waals surface area contributed by atoms with Crippen molar-refractivity contribution in [3.63, 3.8) is 0 Å². The fourth-order valence-corrected chi connectivity index (χ4v) is 2.06. The van der Waals surface area contributed by atoms with Gasteiger partial charge in [0.25, 0.3) is 0 Å². The van der Waals surface area contributed by atoms with E-state index in [1.165, 1.54) is 5.56 Å². The molecule has 0 saturated heterocycles. The summed E-state index contributed by atoms with van der Waals surface area (Å²) in [4.78, 5) is 2.19. The van der Waals surface area contributed by atoms with Crippen LogP contribution in [0.15, 0.2) is 48.5 Å². The van der Waals surface area contributed by atoms with Crippen molar-refractivity contribution in [2.45, 2.75) is 13.0 Å². The van der Waals surface area contributed by atoms with Crippen LogP contribution in [0.5, 0.6) is 0 Å². The van der Waals surface area contributed by atoms with Crippen LogP contribution in [0.4, 0.5) is 11.4 Å². The van der Waals surface area contributed by atoms with Gasteiger partial charge in [-0.05, 0) is 42.8 Å². The standard InChI is InChI=1S/C15H17ClN2/c1-11(12-6-8-13(16)9-7-12)18(2)15-5-3-4-14(17)10-15/h3-11H,17H2,1-2H3. The summed E-state index contributed by atoms with van der Waals surface area (Å²) < 4.78 is 0. The predicted octanol–water partition coefficient (Wildman–Crippen LogP) is 4.12. The smallest absolute Gasteiger partial charge is 0.0511 e. The quantitative estimate of drug-likeness (QED) is 0.841. The third kappa shape index (κ3) is 2.77. The highest BCUT2D eigenvalue weighted by Crippen LogP contribution is 2.27. The molecule has 0 aromatic heterocycles. The van der Waals surface area contributed by atoms with Crippen molar-refractivity contribution in [3.8, 4) is 0 Å². The van der Waals surface area contributed by atoms with E-state index in [1.807, 2.05) is 30.3 Å². The maximum atomic E-state index is 5.90. The van der Waals surface area contributed by atoms with Gasteiger partial charge in [0.15, 0.2) is 0 Å². The zero-order valence-electron chi connectivity index (χ0n) is 10.6. The summed E-state index contributed by atoms with van der Waals surface area (Å²) >= 11 is 5.90. The Morgan fingerprint density at radius 1 is 1.11 bits per heavy atom. The van der Waals surface area contributed by atoms with Gasteiger partial charge in [-0.1, -0.05) is 29.8 Å². The number of halogens is 1. The van der Waals surface area contributed by atoms with E-state index in [4.69, 9.17) is 17.3 Å². The second-order valence-electron chi connectivity index (χ2n) is 4.43.